The number of ether oxygens (including phenoxy) is 1. The van der Waals surface area contributed by atoms with Crippen molar-refractivity contribution >= 4 is 17.9 Å². The average molecular weight is 212 g/mol. The SMILES string of the molecule is CCOC(=O)C1CC2(C1)NC(=O)NC2=O. The van der Waals surface area contributed by atoms with Crippen LogP contribution in [0.25, 0.3) is 0 Å². The number of urea groups is 1. The number of carbonyl (C=O) groups is 3. The maximum absolute atomic E-state index is 11.4. The number of imide groups is 1. The molecule has 15 heavy (non-hydrogen) atoms. The van der Waals surface area contributed by atoms with E-state index in [9.17, 15) is 14.4 Å². The van der Waals surface area contributed by atoms with Crippen LogP contribution in [0.3, 0.4) is 0 Å². The summed E-state index contributed by atoms with van der Waals surface area (Å²) in [6, 6.07) is -0.484. The zero-order valence-electron chi connectivity index (χ0n) is 8.33. The fourth-order valence-electron chi connectivity index (χ4n) is 2.02. The van der Waals surface area contributed by atoms with Gasteiger partial charge in [0.2, 0.25) is 0 Å². The zero-order valence-corrected chi connectivity index (χ0v) is 8.33. The predicted octanol–water partition coefficient (Wildman–Crippen LogP) is -0.462. The molecule has 0 aromatic heterocycles. The van der Waals surface area contributed by atoms with Gasteiger partial charge in [-0.05, 0) is 19.8 Å². The van der Waals surface area contributed by atoms with Gasteiger partial charge in [0.1, 0.15) is 5.54 Å². The van der Waals surface area contributed by atoms with E-state index in [1.807, 2.05) is 0 Å². The molecule has 6 nitrogen and oxygen atoms in total. The first-order valence-corrected chi connectivity index (χ1v) is 4.87. The molecule has 2 N–H and O–H groups in total. The largest absolute Gasteiger partial charge is 0.466 e. The molecular weight excluding hydrogens is 200 g/mol. The van der Waals surface area contributed by atoms with Gasteiger partial charge in [-0.2, -0.15) is 0 Å². The minimum Gasteiger partial charge on any atom is -0.466 e. The maximum Gasteiger partial charge on any atom is 0.322 e. The molecule has 2 rings (SSSR count). The fourth-order valence-corrected chi connectivity index (χ4v) is 2.02. The summed E-state index contributed by atoms with van der Waals surface area (Å²) in [6.45, 7) is 2.07. The predicted molar refractivity (Wildman–Crippen MR) is 48.8 cm³/mol. The first-order valence-electron chi connectivity index (χ1n) is 4.87. The smallest absolute Gasteiger partial charge is 0.322 e. The molecule has 1 aliphatic carbocycles. The highest BCUT2D eigenvalue weighted by atomic mass is 16.5. The average Bonchev–Trinajstić information content (AvgIpc) is 2.38. The van der Waals surface area contributed by atoms with E-state index in [2.05, 4.69) is 10.6 Å². The molecular formula is C9H12N2O4. The van der Waals surface area contributed by atoms with Crippen LogP contribution < -0.4 is 10.6 Å². The van der Waals surface area contributed by atoms with E-state index in [0.717, 1.165) is 0 Å². The lowest BCUT2D eigenvalue weighted by atomic mass is 9.68. The van der Waals surface area contributed by atoms with Crippen LogP contribution in [0.5, 0.6) is 0 Å². The van der Waals surface area contributed by atoms with Gasteiger partial charge in [-0.25, -0.2) is 4.79 Å². The molecule has 1 saturated heterocycles. The Balaban J connectivity index is 1.94. The first-order chi connectivity index (χ1) is 7.07. The van der Waals surface area contributed by atoms with Crippen LogP contribution in [0.4, 0.5) is 4.79 Å². The summed E-state index contributed by atoms with van der Waals surface area (Å²) in [6.07, 6.45) is 0.673. The van der Waals surface area contributed by atoms with E-state index in [1.54, 1.807) is 6.92 Å². The van der Waals surface area contributed by atoms with Crippen molar-refractivity contribution in [2.45, 2.75) is 25.3 Å². The summed E-state index contributed by atoms with van der Waals surface area (Å²) < 4.78 is 4.83. The van der Waals surface area contributed by atoms with Crippen molar-refractivity contribution in [3.8, 4) is 0 Å². The van der Waals surface area contributed by atoms with Gasteiger partial charge in [0.25, 0.3) is 5.91 Å². The second-order valence-corrected chi connectivity index (χ2v) is 3.85. The Morgan fingerprint density at radius 2 is 2.20 bits per heavy atom. The number of esters is 1. The van der Waals surface area contributed by atoms with Gasteiger partial charge in [0.15, 0.2) is 0 Å². The first kappa shape index (κ1) is 9.95. The van der Waals surface area contributed by atoms with Crippen molar-refractivity contribution in [2.75, 3.05) is 6.61 Å². The minimum atomic E-state index is -0.853. The van der Waals surface area contributed by atoms with Crippen LogP contribution in [-0.4, -0.2) is 30.1 Å². The normalized spacial score (nSPS) is 33.3. The van der Waals surface area contributed by atoms with E-state index in [1.165, 1.54) is 0 Å². The summed E-state index contributed by atoms with van der Waals surface area (Å²) in [5, 5.41) is 4.70. The van der Waals surface area contributed by atoms with Crippen LogP contribution >= 0.6 is 0 Å². The standard InChI is InChI=1S/C9H12N2O4/c1-2-15-6(12)5-3-9(4-5)7(13)10-8(14)11-9/h5H,2-4H2,1H3,(H2,10,11,13,14). The number of hydrogen-bond acceptors (Lipinski definition) is 4. The number of carbonyl (C=O) groups excluding carboxylic acids is 3. The van der Waals surface area contributed by atoms with Gasteiger partial charge in [-0.1, -0.05) is 0 Å². The molecule has 1 spiro atoms. The van der Waals surface area contributed by atoms with Crippen molar-refractivity contribution in [1.82, 2.24) is 10.6 Å². The van der Waals surface area contributed by atoms with Gasteiger partial charge in [0, 0.05) is 0 Å². The summed E-state index contributed by atoms with van der Waals surface area (Å²) >= 11 is 0. The van der Waals surface area contributed by atoms with Gasteiger partial charge in [0.05, 0.1) is 12.5 Å². The molecule has 1 heterocycles. The van der Waals surface area contributed by atoms with Gasteiger partial charge in [-0.15, -0.1) is 0 Å². The van der Waals surface area contributed by atoms with Crippen molar-refractivity contribution in [3.63, 3.8) is 0 Å². The van der Waals surface area contributed by atoms with Crippen molar-refractivity contribution in [2.24, 2.45) is 5.92 Å². The van der Waals surface area contributed by atoms with Gasteiger partial charge in [-0.3, -0.25) is 14.9 Å². The molecule has 0 bridgehead atoms. The molecule has 0 atom stereocenters. The second-order valence-electron chi connectivity index (χ2n) is 3.85. The molecule has 0 unspecified atom stereocenters. The Hall–Kier alpha value is -1.59. The topological polar surface area (TPSA) is 84.5 Å². The summed E-state index contributed by atoms with van der Waals surface area (Å²) in [5.74, 6) is -0.903. The minimum absolute atomic E-state index is 0.269. The van der Waals surface area contributed by atoms with E-state index in [-0.39, 0.29) is 17.8 Å². The lowest BCUT2D eigenvalue weighted by molar-refractivity contribution is -0.155. The molecule has 1 saturated carbocycles. The molecule has 0 radical (unpaired) electrons. The van der Waals surface area contributed by atoms with Crippen LogP contribution in [0.1, 0.15) is 19.8 Å². The number of amides is 3. The molecule has 82 valence electrons. The highest BCUT2D eigenvalue weighted by Crippen LogP contribution is 2.40. The summed E-state index contributed by atoms with van der Waals surface area (Å²) in [7, 11) is 0. The molecule has 2 fully saturated rings. The number of rotatable bonds is 2. The van der Waals surface area contributed by atoms with E-state index in [0.29, 0.717) is 19.4 Å². The maximum atomic E-state index is 11.4. The second kappa shape index (κ2) is 3.22. The van der Waals surface area contributed by atoms with Gasteiger partial charge < -0.3 is 10.1 Å². The Morgan fingerprint density at radius 1 is 1.53 bits per heavy atom. The van der Waals surface area contributed by atoms with E-state index < -0.39 is 11.6 Å². The molecule has 0 aromatic carbocycles. The van der Waals surface area contributed by atoms with E-state index in [4.69, 9.17) is 4.74 Å². The molecule has 6 heteroatoms. The number of hydrogen-bond donors (Lipinski definition) is 2. The van der Waals surface area contributed by atoms with Crippen molar-refractivity contribution in [3.05, 3.63) is 0 Å². The Kier molecular flexibility index (Phi) is 2.13. The Morgan fingerprint density at radius 3 is 2.67 bits per heavy atom. The molecule has 0 aromatic rings. The lowest BCUT2D eigenvalue weighted by Crippen LogP contribution is -2.58. The molecule has 2 aliphatic rings. The van der Waals surface area contributed by atoms with Gasteiger partial charge >= 0.3 is 12.0 Å². The highest BCUT2D eigenvalue weighted by molar-refractivity contribution is 6.08. The van der Waals surface area contributed by atoms with E-state index >= 15 is 0 Å². The lowest BCUT2D eigenvalue weighted by Gasteiger charge is -2.40. The monoisotopic (exact) mass is 212 g/mol. The summed E-state index contributed by atoms with van der Waals surface area (Å²) in [5.41, 5.74) is -0.853. The third-order valence-corrected chi connectivity index (χ3v) is 2.82. The molecule has 1 aliphatic heterocycles. The fraction of sp³-hybridized carbons (Fsp3) is 0.667. The zero-order chi connectivity index (χ0) is 11.1. The Labute approximate surface area is 86.3 Å². The highest BCUT2D eigenvalue weighted by Gasteiger charge is 2.57. The third-order valence-electron chi connectivity index (χ3n) is 2.82. The van der Waals surface area contributed by atoms with Crippen LogP contribution in [0.2, 0.25) is 0 Å². The molecule has 3 amide bonds. The third kappa shape index (κ3) is 1.45. The Bertz CT molecular complexity index is 333. The van der Waals surface area contributed by atoms with Crippen LogP contribution in [0, 0.1) is 5.92 Å². The summed E-state index contributed by atoms with van der Waals surface area (Å²) in [4.78, 5) is 33.6. The van der Waals surface area contributed by atoms with Crippen LogP contribution in [0.15, 0.2) is 0 Å². The van der Waals surface area contributed by atoms with Crippen molar-refractivity contribution < 1.29 is 19.1 Å². The quantitative estimate of drug-likeness (QED) is 0.479. The van der Waals surface area contributed by atoms with Crippen LogP contribution in [-0.2, 0) is 14.3 Å². The number of nitrogens with one attached hydrogen (secondary N) is 2. The van der Waals surface area contributed by atoms with Crippen molar-refractivity contribution in [1.29, 1.82) is 0 Å².